The molecule has 2 aliphatic heterocycles. The molecule has 1 aliphatic carbocycles. The largest absolute Gasteiger partial charge is 0.369 e. The first kappa shape index (κ1) is 18.0. The first-order chi connectivity index (χ1) is 13.9. The van der Waals surface area contributed by atoms with Crippen molar-refractivity contribution < 1.29 is 9.78 Å². The molecular formula is C24H30N2O2. The fourth-order valence-corrected chi connectivity index (χ4v) is 5.13. The molecule has 0 bridgehead atoms. The summed E-state index contributed by atoms with van der Waals surface area (Å²) in [5.41, 5.74) is 5.84. The molecule has 0 unspecified atom stereocenters. The van der Waals surface area contributed by atoms with Crippen LogP contribution in [0.5, 0.6) is 5.75 Å². The highest BCUT2D eigenvalue weighted by Gasteiger charge is 2.24. The monoisotopic (exact) mass is 378 g/mol. The third-order valence-corrected chi connectivity index (χ3v) is 6.69. The number of hydrogen-bond donors (Lipinski definition) is 0. The average Bonchev–Trinajstić information content (AvgIpc) is 2.78. The number of hydrogen-bond acceptors (Lipinski definition) is 4. The van der Waals surface area contributed by atoms with Crippen LogP contribution in [-0.2, 0) is 17.7 Å². The molecule has 1 fully saturated rings. The van der Waals surface area contributed by atoms with Gasteiger partial charge in [-0.3, -0.25) is 4.90 Å². The van der Waals surface area contributed by atoms with Crippen LogP contribution >= 0.6 is 0 Å². The standard InChI is InChI=1S/C24H30N2O2/c1-2-8-21-19(5-1)6-3-7-20(21)11-13-25-14-16-26(17-15-25)23-9-4-10-24-22(23)12-18-27-28-24/h1-2,4-5,8-10,20H,3,6-7,11-18H2/t20-/m1/s1. The van der Waals surface area contributed by atoms with Gasteiger partial charge in [-0.25, -0.2) is 0 Å². The van der Waals surface area contributed by atoms with Crippen molar-refractivity contribution in [2.24, 2.45) is 0 Å². The highest BCUT2D eigenvalue weighted by atomic mass is 17.2. The van der Waals surface area contributed by atoms with E-state index in [1.54, 1.807) is 11.1 Å². The van der Waals surface area contributed by atoms with Gasteiger partial charge in [-0.1, -0.05) is 30.3 Å². The molecule has 2 aromatic carbocycles. The lowest BCUT2D eigenvalue weighted by Crippen LogP contribution is -2.47. The van der Waals surface area contributed by atoms with Gasteiger partial charge in [0.25, 0.3) is 0 Å². The third-order valence-electron chi connectivity index (χ3n) is 6.69. The molecule has 0 aromatic heterocycles. The Hall–Kier alpha value is -2.04. The predicted molar refractivity (Wildman–Crippen MR) is 112 cm³/mol. The van der Waals surface area contributed by atoms with E-state index in [9.17, 15) is 0 Å². The normalized spacial score (nSPS) is 22.3. The van der Waals surface area contributed by atoms with Gasteiger partial charge in [-0.05, 0) is 61.4 Å². The molecule has 0 N–H and O–H groups in total. The zero-order valence-corrected chi connectivity index (χ0v) is 16.6. The minimum atomic E-state index is 0.646. The van der Waals surface area contributed by atoms with Crippen molar-refractivity contribution in [3.8, 4) is 5.75 Å². The number of aryl methyl sites for hydroxylation is 1. The summed E-state index contributed by atoms with van der Waals surface area (Å²) in [6.45, 7) is 6.35. The Morgan fingerprint density at radius 2 is 1.82 bits per heavy atom. The average molecular weight is 379 g/mol. The molecule has 148 valence electrons. The maximum absolute atomic E-state index is 5.37. The lowest BCUT2D eigenvalue weighted by atomic mass is 9.81. The second-order valence-electron chi connectivity index (χ2n) is 8.31. The van der Waals surface area contributed by atoms with Crippen LogP contribution in [0.15, 0.2) is 42.5 Å². The SMILES string of the molecule is c1ccc2c(c1)CCC[C@@H]2CCN1CCN(c2cccc3c2CCOO3)CC1. The summed E-state index contributed by atoms with van der Waals surface area (Å²) in [5, 5.41) is 0. The van der Waals surface area contributed by atoms with Gasteiger partial charge in [0, 0.05) is 43.9 Å². The van der Waals surface area contributed by atoms with E-state index in [-0.39, 0.29) is 0 Å². The molecule has 2 aromatic rings. The predicted octanol–water partition coefficient (Wildman–Crippen LogP) is 4.19. The molecule has 4 heteroatoms. The molecular weight excluding hydrogens is 348 g/mol. The highest BCUT2D eigenvalue weighted by Crippen LogP contribution is 2.35. The lowest BCUT2D eigenvalue weighted by Gasteiger charge is -2.38. The molecule has 2 heterocycles. The van der Waals surface area contributed by atoms with E-state index in [2.05, 4.69) is 46.2 Å². The fraction of sp³-hybridized carbons (Fsp3) is 0.500. The molecule has 3 aliphatic rings. The number of piperazine rings is 1. The maximum Gasteiger partial charge on any atom is 0.170 e. The first-order valence-electron chi connectivity index (χ1n) is 10.8. The molecule has 28 heavy (non-hydrogen) atoms. The second kappa shape index (κ2) is 8.14. The molecule has 0 amide bonds. The number of nitrogens with zero attached hydrogens (tertiary/aromatic N) is 2. The summed E-state index contributed by atoms with van der Waals surface area (Å²) in [4.78, 5) is 15.7. The topological polar surface area (TPSA) is 24.9 Å². The van der Waals surface area contributed by atoms with Gasteiger partial charge in [0.05, 0.1) is 6.61 Å². The molecule has 4 nitrogen and oxygen atoms in total. The number of fused-ring (bicyclic) bond motifs is 2. The molecule has 0 spiro atoms. The quantitative estimate of drug-likeness (QED) is 0.745. The number of benzene rings is 2. The Morgan fingerprint density at radius 1 is 0.929 bits per heavy atom. The summed E-state index contributed by atoms with van der Waals surface area (Å²) in [6.07, 6.45) is 6.20. The van der Waals surface area contributed by atoms with Crippen LogP contribution in [0.4, 0.5) is 5.69 Å². The van der Waals surface area contributed by atoms with E-state index in [0.29, 0.717) is 6.61 Å². The van der Waals surface area contributed by atoms with Gasteiger partial charge < -0.3 is 9.79 Å². The van der Waals surface area contributed by atoms with Crippen molar-refractivity contribution in [1.29, 1.82) is 0 Å². The van der Waals surface area contributed by atoms with E-state index < -0.39 is 0 Å². The van der Waals surface area contributed by atoms with Gasteiger partial charge in [-0.15, -0.1) is 0 Å². The summed E-state index contributed by atoms with van der Waals surface area (Å²) >= 11 is 0. The zero-order valence-electron chi connectivity index (χ0n) is 16.6. The maximum atomic E-state index is 5.37. The minimum Gasteiger partial charge on any atom is -0.369 e. The smallest absolute Gasteiger partial charge is 0.170 e. The second-order valence-corrected chi connectivity index (χ2v) is 8.31. The molecule has 1 saturated heterocycles. The summed E-state index contributed by atoms with van der Waals surface area (Å²) in [6, 6.07) is 15.4. The van der Waals surface area contributed by atoms with Gasteiger partial charge in [0.15, 0.2) is 5.75 Å². The van der Waals surface area contributed by atoms with E-state index in [1.807, 2.05) is 6.07 Å². The van der Waals surface area contributed by atoms with Crippen LogP contribution in [0, 0.1) is 0 Å². The lowest BCUT2D eigenvalue weighted by molar-refractivity contribution is -0.215. The number of anilines is 1. The van der Waals surface area contributed by atoms with E-state index in [1.165, 1.54) is 43.5 Å². The molecule has 5 rings (SSSR count). The summed E-state index contributed by atoms with van der Waals surface area (Å²) in [7, 11) is 0. The van der Waals surface area contributed by atoms with E-state index in [0.717, 1.165) is 44.3 Å². The first-order valence-corrected chi connectivity index (χ1v) is 10.8. The molecule has 0 saturated carbocycles. The van der Waals surface area contributed by atoms with Crippen LogP contribution < -0.4 is 9.79 Å². The van der Waals surface area contributed by atoms with Crippen LogP contribution in [0.2, 0.25) is 0 Å². The zero-order chi connectivity index (χ0) is 18.8. The Morgan fingerprint density at radius 3 is 2.75 bits per heavy atom. The van der Waals surface area contributed by atoms with Crippen molar-refractivity contribution in [2.45, 2.75) is 38.0 Å². The van der Waals surface area contributed by atoms with Crippen molar-refractivity contribution in [3.63, 3.8) is 0 Å². The Labute approximate surface area is 168 Å². The minimum absolute atomic E-state index is 0.646. The van der Waals surface area contributed by atoms with Crippen LogP contribution in [0.25, 0.3) is 0 Å². The van der Waals surface area contributed by atoms with Crippen molar-refractivity contribution >= 4 is 5.69 Å². The van der Waals surface area contributed by atoms with Crippen molar-refractivity contribution in [3.05, 3.63) is 59.2 Å². The summed E-state index contributed by atoms with van der Waals surface area (Å²) < 4.78 is 0. The van der Waals surface area contributed by atoms with Gasteiger partial charge in [0.2, 0.25) is 0 Å². The Kier molecular flexibility index (Phi) is 5.24. The Bertz CT molecular complexity index is 814. The molecule has 1 atom stereocenters. The van der Waals surface area contributed by atoms with Crippen molar-refractivity contribution in [2.75, 3.05) is 44.2 Å². The fourth-order valence-electron chi connectivity index (χ4n) is 5.13. The van der Waals surface area contributed by atoms with Crippen LogP contribution in [0.1, 0.15) is 41.9 Å². The molecule has 0 radical (unpaired) electrons. The van der Waals surface area contributed by atoms with Gasteiger partial charge in [-0.2, -0.15) is 4.89 Å². The van der Waals surface area contributed by atoms with Crippen molar-refractivity contribution in [1.82, 2.24) is 4.90 Å². The van der Waals surface area contributed by atoms with Crippen LogP contribution in [-0.4, -0.2) is 44.2 Å². The van der Waals surface area contributed by atoms with E-state index in [4.69, 9.17) is 9.78 Å². The Balaban J connectivity index is 1.18. The number of rotatable bonds is 4. The van der Waals surface area contributed by atoms with Gasteiger partial charge >= 0.3 is 0 Å². The van der Waals surface area contributed by atoms with Gasteiger partial charge in [0.1, 0.15) is 0 Å². The highest BCUT2D eigenvalue weighted by molar-refractivity contribution is 5.60. The van der Waals surface area contributed by atoms with Crippen LogP contribution in [0.3, 0.4) is 0 Å². The third kappa shape index (κ3) is 3.63. The summed E-state index contributed by atoms with van der Waals surface area (Å²) in [5.74, 6) is 1.64. The van der Waals surface area contributed by atoms with E-state index >= 15 is 0 Å².